The number of nitrogens with two attached hydrogens (primary N) is 1. The molecule has 1 aliphatic heterocycles. The number of primary amides is 1. The molecule has 0 aromatic heterocycles. The van der Waals surface area contributed by atoms with Crippen molar-refractivity contribution in [2.75, 3.05) is 13.1 Å². The highest BCUT2D eigenvalue weighted by atomic mass is 32.2. The number of piperidine rings is 1. The summed E-state index contributed by atoms with van der Waals surface area (Å²) in [5, 5.41) is -0.541. The molecule has 1 aliphatic rings. The van der Waals surface area contributed by atoms with Gasteiger partial charge in [0.25, 0.3) is 0 Å². The zero-order valence-electron chi connectivity index (χ0n) is 13.7. The molecule has 1 saturated heterocycles. The molecule has 5 nitrogen and oxygen atoms in total. The van der Waals surface area contributed by atoms with E-state index in [0.717, 1.165) is 31.5 Å². The van der Waals surface area contributed by atoms with Crippen molar-refractivity contribution in [3.63, 3.8) is 0 Å². The van der Waals surface area contributed by atoms with Crippen LogP contribution < -0.4 is 5.73 Å². The van der Waals surface area contributed by atoms with E-state index in [9.17, 15) is 13.8 Å². The van der Waals surface area contributed by atoms with Gasteiger partial charge in [0, 0.05) is 35.2 Å². The van der Waals surface area contributed by atoms with Gasteiger partial charge in [0.15, 0.2) is 0 Å². The largest absolute Gasteiger partial charge is 0.366 e. The first kappa shape index (κ1) is 17.7. The lowest BCUT2D eigenvalue weighted by Crippen LogP contribution is -2.44. The Bertz CT molecular complexity index is 610. The van der Waals surface area contributed by atoms with Gasteiger partial charge < -0.3 is 10.6 Å². The molecule has 1 fully saturated rings. The molecule has 0 unspecified atom stereocenters. The van der Waals surface area contributed by atoms with E-state index in [-0.39, 0.29) is 11.7 Å². The molecule has 2 N–H and O–H groups in total. The fourth-order valence-electron chi connectivity index (χ4n) is 2.70. The summed E-state index contributed by atoms with van der Waals surface area (Å²) >= 11 is 0. The van der Waals surface area contributed by atoms with Gasteiger partial charge in [-0.25, -0.2) is 0 Å². The predicted molar refractivity (Wildman–Crippen MR) is 91.2 cm³/mol. The number of carbonyl (C=O) groups excluding carboxylic acids is 2. The fraction of sp³-hybridized carbons (Fsp3) is 0.529. The van der Waals surface area contributed by atoms with Crippen molar-refractivity contribution in [3.8, 4) is 0 Å². The summed E-state index contributed by atoms with van der Waals surface area (Å²) in [5.41, 5.74) is 6.40. The Morgan fingerprint density at radius 2 is 2.00 bits per heavy atom. The monoisotopic (exact) mass is 336 g/mol. The zero-order valence-corrected chi connectivity index (χ0v) is 14.5. The Morgan fingerprint density at radius 1 is 1.35 bits per heavy atom. The number of hydrogen-bond donors (Lipinski definition) is 1. The molecule has 0 spiro atoms. The molecule has 2 rings (SSSR count). The first-order valence-electron chi connectivity index (χ1n) is 7.93. The Kier molecular flexibility index (Phi) is 5.93. The molecule has 23 heavy (non-hydrogen) atoms. The van der Waals surface area contributed by atoms with Crippen molar-refractivity contribution in [2.45, 2.75) is 37.7 Å². The minimum atomic E-state index is -1.32. The third kappa shape index (κ3) is 4.64. The molecular formula is C17H24N2O3S. The molecule has 2 amide bonds. The number of carbonyl (C=O) groups is 2. The van der Waals surface area contributed by atoms with Crippen LogP contribution in [0.3, 0.4) is 0 Å². The maximum absolute atomic E-state index is 12.5. The van der Waals surface area contributed by atoms with Crippen LogP contribution in [0.25, 0.3) is 0 Å². The molecular weight excluding hydrogens is 312 g/mol. The molecule has 1 heterocycles. The number of benzene rings is 1. The number of hydrogen-bond acceptors (Lipinski definition) is 3. The standard InChI is InChI=1S/C17H24N2O3S/c1-12-6-8-19(9-7-12)17(21)13(2)23(22)11-14-4-3-5-15(10-14)16(18)20/h3-5,10,12-13H,6-9,11H2,1-2H3,(H2,18,20)/t13-,23+/m1/s1. The van der Waals surface area contributed by atoms with Gasteiger partial charge in [-0.15, -0.1) is 0 Å². The van der Waals surface area contributed by atoms with Gasteiger partial charge in [-0.3, -0.25) is 13.8 Å². The first-order chi connectivity index (χ1) is 10.9. The van der Waals surface area contributed by atoms with Crippen LogP contribution in [0, 0.1) is 5.92 Å². The SMILES string of the molecule is CC1CCN(C(=O)[C@@H](C)[S@@](=O)Cc2cccc(C(N)=O)c2)CC1. The minimum absolute atomic E-state index is 0.0405. The molecule has 0 saturated carbocycles. The summed E-state index contributed by atoms with van der Waals surface area (Å²) in [6, 6.07) is 6.77. The van der Waals surface area contributed by atoms with Crippen molar-refractivity contribution in [1.82, 2.24) is 4.90 Å². The fourth-order valence-corrected chi connectivity index (χ4v) is 3.83. The first-order valence-corrected chi connectivity index (χ1v) is 9.31. The normalized spacial score (nSPS) is 18.4. The van der Waals surface area contributed by atoms with Gasteiger partial charge >= 0.3 is 0 Å². The van der Waals surface area contributed by atoms with Crippen LogP contribution in [0.15, 0.2) is 24.3 Å². The molecule has 126 valence electrons. The summed E-state index contributed by atoms with van der Waals surface area (Å²) in [6.07, 6.45) is 2.01. The summed E-state index contributed by atoms with van der Waals surface area (Å²) in [4.78, 5) is 25.5. The topological polar surface area (TPSA) is 80.5 Å². The second-order valence-electron chi connectivity index (χ2n) is 6.24. The van der Waals surface area contributed by atoms with Crippen LogP contribution in [0.1, 0.15) is 42.6 Å². The summed E-state index contributed by atoms with van der Waals surface area (Å²) in [6.45, 7) is 5.40. The average Bonchev–Trinajstić information content (AvgIpc) is 2.54. The van der Waals surface area contributed by atoms with E-state index < -0.39 is 22.0 Å². The Morgan fingerprint density at radius 3 is 2.61 bits per heavy atom. The maximum atomic E-state index is 12.5. The lowest BCUT2D eigenvalue weighted by Gasteiger charge is -2.32. The number of likely N-dealkylation sites (tertiary alicyclic amines) is 1. The predicted octanol–water partition coefficient (Wildman–Crippen LogP) is 1.68. The van der Waals surface area contributed by atoms with Gasteiger partial charge in [-0.05, 0) is 43.4 Å². The van der Waals surface area contributed by atoms with Crippen LogP contribution in [0.4, 0.5) is 0 Å². The van der Waals surface area contributed by atoms with Crippen molar-refractivity contribution in [1.29, 1.82) is 0 Å². The van der Waals surface area contributed by atoms with E-state index in [1.165, 1.54) is 0 Å². The van der Waals surface area contributed by atoms with E-state index in [1.807, 2.05) is 4.90 Å². The smallest absolute Gasteiger partial charge is 0.248 e. The Hall–Kier alpha value is -1.69. The lowest BCUT2D eigenvalue weighted by atomic mass is 9.99. The van der Waals surface area contributed by atoms with Crippen LogP contribution in [-0.2, 0) is 21.3 Å². The van der Waals surface area contributed by atoms with Gasteiger partial charge in [0.2, 0.25) is 11.8 Å². The third-order valence-corrected chi connectivity index (χ3v) is 5.97. The average molecular weight is 336 g/mol. The molecule has 0 bridgehead atoms. The van der Waals surface area contributed by atoms with Crippen LogP contribution in [-0.4, -0.2) is 39.3 Å². The van der Waals surface area contributed by atoms with Gasteiger partial charge in [0.1, 0.15) is 5.25 Å². The number of nitrogens with zero attached hydrogens (tertiary/aromatic N) is 1. The van der Waals surface area contributed by atoms with Crippen molar-refractivity contribution < 1.29 is 13.8 Å². The molecule has 6 heteroatoms. The summed E-state index contributed by atoms with van der Waals surface area (Å²) in [7, 11) is -1.32. The van der Waals surface area contributed by atoms with Crippen molar-refractivity contribution in [2.24, 2.45) is 11.7 Å². The van der Waals surface area contributed by atoms with Crippen molar-refractivity contribution in [3.05, 3.63) is 35.4 Å². The highest BCUT2D eigenvalue weighted by Gasteiger charge is 2.27. The number of rotatable bonds is 5. The Balaban J connectivity index is 1.98. The van der Waals surface area contributed by atoms with Crippen LogP contribution in [0.2, 0.25) is 0 Å². The highest BCUT2D eigenvalue weighted by Crippen LogP contribution is 2.18. The van der Waals surface area contributed by atoms with E-state index in [2.05, 4.69) is 6.92 Å². The van der Waals surface area contributed by atoms with Gasteiger partial charge in [-0.1, -0.05) is 19.1 Å². The zero-order chi connectivity index (χ0) is 17.0. The lowest BCUT2D eigenvalue weighted by molar-refractivity contribution is -0.131. The van der Waals surface area contributed by atoms with Gasteiger partial charge in [0.05, 0.1) is 0 Å². The molecule has 2 atom stereocenters. The second-order valence-corrected chi connectivity index (χ2v) is 8.00. The van der Waals surface area contributed by atoms with E-state index >= 15 is 0 Å². The van der Waals surface area contributed by atoms with Crippen LogP contribution >= 0.6 is 0 Å². The van der Waals surface area contributed by atoms with E-state index in [4.69, 9.17) is 5.73 Å². The summed E-state index contributed by atoms with van der Waals surface area (Å²) < 4.78 is 12.5. The van der Waals surface area contributed by atoms with E-state index in [0.29, 0.717) is 11.5 Å². The van der Waals surface area contributed by atoms with E-state index in [1.54, 1.807) is 31.2 Å². The number of amides is 2. The van der Waals surface area contributed by atoms with Gasteiger partial charge in [-0.2, -0.15) is 0 Å². The quantitative estimate of drug-likeness (QED) is 0.888. The molecule has 1 aromatic carbocycles. The minimum Gasteiger partial charge on any atom is -0.366 e. The third-order valence-electron chi connectivity index (χ3n) is 4.36. The summed E-state index contributed by atoms with van der Waals surface area (Å²) in [5.74, 6) is 0.347. The molecule has 0 radical (unpaired) electrons. The van der Waals surface area contributed by atoms with Crippen LogP contribution in [0.5, 0.6) is 0 Å². The Labute approximate surface area is 139 Å². The maximum Gasteiger partial charge on any atom is 0.248 e. The van der Waals surface area contributed by atoms with Crippen molar-refractivity contribution >= 4 is 22.6 Å². The highest BCUT2D eigenvalue weighted by molar-refractivity contribution is 7.85. The molecule has 1 aromatic rings. The molecule has 0 aliphatic carbocycles. The second kappa shape index (κ2) is 7.73.